The molecule has 0 saturated carbocycles. The lowest BCUT2D eigenvalue weighted by atomic mass is 10.1. The maximum Gasteiger partial charge on any atom is 0.239 e. The monoisotopic (exact) mass is 416 g/mol. The number of amides is 1. The van der Waals surface area contributed by atoms with Crippen molar-refractivity contribution < 1.29 is 4.79 Å². The molecule has 0 bridgehead atoms. The third-order valence-corrected chi connectivity index (χ3v) is 5.46. The number of nitrogens with one attached hydrogen (secondary N) is 3. The zero-order valence-electron chi connectivity index (χ0n) is 17.0. The Bertz CT molecular complexity index is 1170. The smallest absolute Gasteiger partial charge is 0.239 e. The van der Waals surface area contributed by atoms with Crippen LogP contribution in [-0.2, 0) is 4.79 Å². The molecule has 5 rings (SSSR count). The van der Waals surface area contributed by atoms with E-state index in [1.807, 2.05) is 54.9 Å². The SMILES string of the molecule is O=C(CNc1ccn(-c2ccccc2)n1)N[C@H]1CCCN(c2ncnc3[nH]ccc23)C1. The van der Waals surface area contributed by atoms with Crippen LogP contribution in [0.15, 0.2) is 61.2 Å². The van der Waals surface area contributed by atoms with Crippen LogP contribution in [0.25, 0.3) is 16.7 Å². The quantitative estimate of drug-likeness (QED) is 0.446. The van der Waals surface area contributed by atoms with Gasteiger partial charge in [0, 0.05) is 37.6 Å². The summed E-state index contributed by atoms with van der Waals surface area (Å²) in [6, 6.07) is 13.8. The molecule has 0 unspecified atom stereocenters. The summed E-state index contributed by atoms with van der Waals surface area (Å²) in [7, 11) is 0. The lowest BCUT2D eigenvalue weighted by Crippen LogP contribution is -2.49. The van der Waals surface area contributed by atoms with E-state index in [9.17, 15) is 4.79 Å². The van der Waals surface area contributed by atoms with Gasteiger partial charge in [-0.15, -0.1) is 0 Å². The molecule has 4 aromatic rings. The number of aromatic nitrogens is 5. The largest absolute Gasteiger partial charge is 0.360 e. The predicted molar refractivity (Wildman–Crippen MR) is 119 cm³/mol. The van der Waals surface area contributed by atoms with Gasteiger partial charge in [0.15, 0.2) is 0 Å². The topological polar surface area (TPSA) is 104 Å². The maximum atomic E-state index is 12.5. The normalized spacial score (nSPS) is 16.4. The fourth-order valence-corrected chi connectivity index (χ4v) is 3.99. The van der Waals surface area contributed by atoms with Crippen LogP contribution in [0.3, 0.4) is 0 Å². The Hall–Kier alpha value is -3.88. The number of nitrogens with zero attached hydrogens (tertiary/aromatic N) is 5. The molecule has 158 valence electrons. The van der Waals surface area contributed by atoms with Crippen LogP contribution in [0, 0.1) is 0 Å². The number of hydrogen-bond acceptors (Lipinski definition) is 6. The summed E-state index contributed by atoms with van der Waals surface area (Å²) in [5, 5.41) is 11.7. The number of H-pyrrole nitrogens is 1. The number of anilines is 2. The number of rotatable bonds is 6. The predicted octanol–water partition coefficient (Wildman–Crippen LogP) is 2.34. The van der Waals surface area contributed by atoms with Crippen molar-refractivity contribution in [2.45, 2.75) is 18.9 Å². The van der Waals surface area contributed by atoms with E-state index < -0.39 is 0 Å². The number of carbonyl (C=O) groups is 1. The zero-order chi connectivity index (χ0) is 21.0. The Balaban J connectivity index is 1.16. The molecule has 0 aliphatic carbocycles. The average molecular weight is 416 g/mol. The lowest BCUT2D eigenvalue weighted by Gasteiger charge is -2.34. The zero-order valence-corrected chi connectivity index (χ0v) is 17.0. The number of hydrogen-bond donors (Lipinski definition) is 3. The number of para-hydroxylation sites is 1. The summed E-state index contributed by atoms with van der Waals surface area (Å²) >= 11 is 0. The van der Waals surface area contributed by atoms with E-state index in [2.05, 4.69) is 35.6 Å². The van der Waals surface area contributed by atoms with E-state index in [4.69, 9.17) is 0 Å². The molecule has 3 N–H and O–H groups in total. The molecule has 9 nitrogen and oxygen atoms in total. The Morgan fingerprint density at radius 2 is 2.06 bits per heavy atom. The molecule has 1 fully saturated rings. The molecular formula is C22H24N8O. The van der Waals surface area contributed by atoms with Crippen LogP contribution in [0.5, 0.6) is 0 Å². The molecule has 1 saturated heterocycles. The van der Waals surface area contributed by atoms with Gasteiger partial charge in [-0.2, -0.15) is 5.10 Å². The minimum absolute atomic E-state index is 0.0457. The van der Waals surface area contributed by atoms with Crippen molar-refractivity contribution in [3.05, 3.63) is 61.2 Å². The van der Waals surface area contributed by atoms with Crippen LogP contribution in [0.1, 0.15) is 12.8 Å². The van der Waals surface area contributed by atoms with Crippen molar-refractivity contribution in [1.29, 1.82) is 0 Å². The Kier molecular flexibility index (Phi) is 5.22. The van der Waals surface area contributed by atoms with Crippen LogP contribution in [-0.4, -0.2) is 56.3 Å². The van der Waals surface area contributed by atoms with Crippen molar-refractivity contribution in [2.24, 2.45) is 0 Å². The van der Waals surface area contributed by atoms with Gasteiger partial charge in [-0.25, -0.2) is 14.6 Å². The number of piperidine rings is 1. The molecule has 4 heterocycles. The summed E-state index contributed by atoms with van der Waals surface area (Å²) in [6.07, 6.45) is 7.27. The molecule has 3 aromatic heterocycles. The first-order valence-corrected chi connectivity index (χ1v) is 10.4. The molecular weight excluding hydrogens is 392 g/mol. The van der Waals surface area contributed by atoms with E-state index in [1.54, 1.807) is 11.0 Å². The molecule has 9 heteroatoms. The number of carbonyl (C=O) groups excluding carboxylic acids is 1. The summed E-state index contributed by atoms with van der Waals surface area (Å²) in [5.74, 6) is 1.53. The van der Waals surface area contributed by atoms with E-state index in [-0.39, 0.29) is 18.5 Å². The molecule has 1 aromatic carbocycles. The van der Waals surface area contributed by atoms with Crippen molar-refractivity contribution >= 4 is 28.6 Å². The molecule has 1 atom stereocenters. The Morgan fingerprint density at radius 1 is 1.16 bits per heavy atom. The Labute approximate surface area is 179 Å². The van der Waals surface area contributed by atoms with Gasteiger partial charge in [-0.3, -0.25) is 4.79 Å². The average Bonchev–Trinajstić information content (AvgIpc) is 3.48. The summed E-state index contributed by atoms with van der Waals surface area (Å²) in [6.45, 7) is 1.82. The van der Waals surface area contributed by atoms with Gasteiger partial charge in [-0.1, -0.05) is 18.2 Å². The van der Waals surface area contributed by atoms with E-state index >= 15 is 0 Å². The third-order valence-electron chi connectivity index (χ3n) is 5.46. The number of benzene rings is 1. The van der Waals surface area contributed by atoms with Crippen LogP contribution in [0.2, 0.25) is 0 Å². The van der Waals surface area contributed by atoms with Gasteiger partial charge in [-0.05, 0) is 31.0 Å². The van der Waals surface area contributed by atoms with E-state index in [0.29, 0.717) is 5.82 Å². The summed E-state index contributed by atoms with van der Waals surface area (Å²) < 4.78 is 1.78. The second kappa shape index (κ2) is 8.47. The van der Waals surface area contributed by atoms with Crippen molar-refractivity contribution in [3.63, 3.8) is 0 Å². The van der Waals surface area contributed by atoms with E-state index in [0.717, 1.165) is 48.5 Å². The maximum absolute atomic E-state index is 12.5. The van der Waals surface area contributed by atoms with E-state index in [1.165, 1.54) is 0 Å². The highest BCUT2D eigenvalue weighted by Crippen LogP contribution is 2.25. The van der Waals surface area contributed by atoms with Crippen molar-refractivity contribution in [1.82, 2.24) is 30.0 Å². The molecule has 0 spiro atoms. The molecule has 1 amide bonds. The fraction of sp³-hybridized carbons (Fsp3) is 0.273. The molecule has 1 aliphatic rings. The van der Waals surface area contributed by atoms with Crippen LogP contribution < -0.4 is 15.5 Å². The minimum atomic E-state index is -0.0457. The third kappa shape index (κ3) is 4.20. The summed E-state index contributed by atoms with van der Waals surface area (Å²) in [5.41, 5.74) is 1.80. The fourth-order valence-electron chi connectivity index (χ4n) is 3.99. The molecule has 1 aliphatic heterocycles. The highest BCUT2D eigenvalue weighted by molar-refractivity contribution is 5.87. The van der Waals surface area contributed by atoms with Gasteiger partial charge in [0.2, 0.25) is 5.91 Å². The van der Waals surface area contributed by atoms with Gasteiger partial charge < -0.3 is 20.5 Å². The first-order chi connectivity index (χ1) is 15.3. The van der Waals surface area contributed by atoms with Crippen LogP contribution >= 0.6 is 0 Å². The standard InChI is InChI=1S/C22H24N8O/c31-20(13-24-19-9-12-30(28-19)17-6-2-1-3-7-17)27-16-5-4-11-29(14-16)22-18-8-10-23-21(18)25-15-26-22/h1-3,6-10,12,15-16H,4-5,11,13-14H2,(H,24,28)(H,27,31)(H,23,25,26)/t16-/m0/s1. The highest BCUT2D eigenvalue weighted by atomic mass is 16.2. The Morgan fingerprint density at radius 3 is 2.97 bits per heavy atom. The van der Waals surface area contributed by atoms with Crippen LogP contribution in [0.4, 0.5) is 11.6 Å². The molecule has 0 radical (unpaired) electrons. The first kappa shape index (κ1) is 19.1. The van der Waals surface area contributed by atoms with Crippen molar-refractivity contribution in [3.8, 4) is 5.69 Å². The lowest BCUT2D eigenvalue weighted by molar-refractivity contribution is -0.120. The number of aromatic amines is 1. The minimum Gasteiger partial charge on any atom is -0.360 e. The van der Waals surface area contributed by atoms with Gasteiger partial charge in [0.05, 0.1) is 17.6 Å². The van der Waals surface area contributed by atoms with Gasteiger partial charge in [0.1, 0.15) is 23.6 Å². The van der Waals surface area contributed by atoms with Gasteiger partial charge in [0.25, 0.3) is 0 Å². The second-order valence-electron chi connectivity index (χ2n) is 7.62. The molecule has 31 heavy (non-hydrogen) atoms. The highest BCUT2D eigenvalue weighted by Gasteiger charge is 2.23. The summed E-state index contributed by atoms with van der Waals surface area (Å²) in [4.78, 5) is 26.6. The van der Waals surface area contributed by atoms with Crippen molar-refractivity contribution in [2.75, 3.05) is 29.9 Å². The second-order valence-corrected chi connectivity index (χ2v) is 7.62. The number of fused-ring (bicyclic) bond motifs is 1. The van der Waals surface area contributed by atoms with Gasteiger partial charge >= 0.3 is 0 Å². The first-order valence-electron chi connectivity index (χ1n) is 10.4.